The topological polar surface area (TPSA) is 87.1 Å². The first-order valence-electron chi connectivity index (χ1n) is 4.57. The fraction of sp³-hybridized carbons (Fsp3) is 0.778. The van der Waals surface area contributed by atoms with Gasteiger partial charge in [-0.15, -0.1) is 0 Å². The van der Waals surface area contributed by atoms with Crippen molar-refractivity contribution in [2.45, 2.75) is 38.7 Å². The summed E-state index contributed by atoms with van der Waals surface area (Å²) in [5.41, 5.74) is 0. The number of hydrogen-bond donors (Lipinski definition) is 2. The molecule has 1 aliphatic rings. The highest BCUT2D eigenvalue weighted by molar-refractivity contribution is 5.67. The molecule has 0 aromatic rings. The summed E-state index contributed by atoms with van der Waals surface area (Å²) >= 11 is 0. The molecule has 0 aromatic carbocycles. The summed E-state index contributed by atoms with van der Waals surface area (Å²) in [5.74, 6) is -1.74. The summed E-state index contributed by atoms with van der Waals surface area (Å²) in [4.78, 5) is 19.8. The summed E-state index contributed by atoms with van der Waals surface area (Å²) in [5, 5.41) is 16.3. The van der Waals surface area contributed by atoms with Crippen LogP contribution in [0.3, 0.4) is 0 Å². The van der Waals surface area contributed by atoms with Crippen LogP contribution in [0.4, 0.5) is 0 Å². The molecule has 1 aliphatic heterocycles. The second-order valence-corrected chi connectivity index (χ2v) is 3.14. The van der Waals surface area contributed by atoms with Gasteiger partial charge < -0.3 is 14.9 Å². The molecule has 0 bridgehead atoms. The Morgan fingerprint density at radius 2 is 1.50 bits per heavy atom. The van der Waals surface area contributed by atoms with Gasteiger partial charge in [-0.1, -0.05) is 0 Å². The third-order valence-electron chi connectivity index (χ3n) is 1.53. The van der Waals surface area contributed by atoms with Crippen LogP contribution in [0.15, 0.2) is 0 Å². The van der Waals surface area contributed by atoms with Gasteiger partial charge in [0.25, 0.3) is 0 Å². The molecule has 1 atom stereocenters. The van der Waals surface area contributed by atoms with E-state index in [2.05, 4.69) is 6.92 Å². The normalized spacial score (nSPS) is 17.9. The molecule has 5 nitrogen and oxygen atoms in total. The fourth-order valence-electron chi connectivity index (χ4n) is 0.649. The zero-order chi connectivity index (χ0) is 11.0. The second kappa shape index (κ2) is 7.32. The van der Waals surface area contributed by atoms with Gasteiger partial charge in [0.15, 0.2) is 0 Å². The Balaban J connectivity index is 0.000000344. The van der Waals surface area contributed by atoms with Gasteiger partial charge in [-0.2, -0.15) is 0 Å². The Morgan fingerprint density at radius 1 is 1.21 bits per heavy atom. The van der Waals surface area contributed by atoms with Crippen LogP contribution < -0.4 is 0 Å². The molecule has 0 amide bonds. The summed E-state index contributed by atoms with van der Waals surface area (Å²) < 4.78 is 4.71. The number of carboxylic acids is 2. The monoisotopic (exact) mass is 204 g/mol. The molecule has 1 heterocycles. The van der Waals surface area contributed by atoms with Crippen LogP contribution >= 0.6 is 0 Å². The Kier molecular flexibility index (Phi) is 6.74. The third-order valence-corrected chi connectivity index (χ3v) is 1.53. The lowest BCUT2D eigenvalue weighted by atomic mass is 10.2. The van der Waals surface area contributed by atoms with E-state index in [1.807, 2.05) is 0 Å². The van der Waals surface area contributed by atoms with Crippen molar-refractivity contribution in [1.29, 1.82) is 0 Å². The highest BCUT2D eigenvalue weighted by atomic mass is 16.6. The van der Waals surface area contributed by atoms with Gasteiger partial charge in [-0.25, -0.2) is 0 Å². The minimum absolute atomic E-state index is 0.0628. The summed E-state index contributed by atoms with van der Waals surface area (Å²) in [6.07, 6.45) is 1.60. The summed E-state index contributed by atoms with van der Waals surface area (Å²) in [6.45, 7) is 3.04. The maximum Gasteiger partial charge on any atom is 0.303 e. The van der Waals surface area contributed by atoms with E-state index in [-0.39, 0.29) is 12.8 Å². The van der Waals surface area contributed by atoms with E-state index in [0.29, 0.717) is 18.9 Å². The number of rotatable bonds is 5. The third kappa shape index (κ3) is 13.5. The Hall–Kier alpha value is -1.10. The molecule has 0 aliphatic carbocycles. The van der Waals surface area contributed by atoms with Crippen molar-refractivity contribution in [3.63, 3.8) is 0 Å². The van der Waals surface area contributed by atoms with Crippen LogP contribution in [0.5, 0.6) is 0 Å². The SMILES string of the molecule is CC1CO1.O=C(O)CCCCC(=O)O. The zero-order valence-corrected chi connectivity index (χ0v) is 8.23. The molecule has 5 heteroatoms. The average Bonchev–Trinajstić information content (AvgIpc) is 2.82. The van der Waals surface area contributed by atoms with Gasteiger partial charge in [0.1, 0.15) is 0 Å². The molecule has 0 radical (unpaired) electrons. The van der Waals surface area contributed by atoms with Gasteiger partial charge in [0, 0.05) is 12.8 Å². The highest BCUT2D eigenvalue weighted by Gasteiger charge is 2.13. The summed E-state index contributed by atoms with van der Waals surface area (Å²) in [7, 11) is 0. The predicted molar refractivity (Wildman–Crippen MR) is 49.2 cm³/mol. The van der Waals surface area contributed by atoms with Crippen LogP contribution in [-0.2, 0) is 14.3 Å². The molecule has 0 aromatic heterocycles. The van der Waals surface area contributed by atoms with Crippen molar-refractivity contribution in [2.75, 3.05) is 6.61 Å². The number of carboxylic acid groups (broad SMARTS) is 2. The zero-order valence-electron chi connectivity index (χ0n) is 8.23. The van der Waals surface area contributed by atoms with Crippen molar-refractivity contribution in [2.24, 2.45) is 0 Å². The van der Waals surface area contributed by atoms with Crippen molar-refractivity contribution < 1.29 is 24.5 Å². The number of epoxide rings is 1. The molecule has 0 spiro atoms. The Labute approximate surface area is 82.7 Å². The molecular formula is C9H16O5. The van der Waals surface area contributed by atoms with E-state index in [1.165, 1.54) is 0 Å². The van der Waals surface area contributed by atoms with Gasteiger partial charge in [0.2, 0.25) is 0 Å². The van der Waals surface area contributed by atoms with E-state index in [4.69, 9.17) is 14.9 Å². The predicted octanol–water partition coefficient (Wildman–Crippen LogP) is 1.12. The standard InChI is InChI=1S/C6H10O4.C3H6O/c7-5(8)3-1-2-4-6(9)10;1-3-2-4-3/h1-4H2,(H,7,8)(H,9,10);3H,2H2,1H3. The van der Waals surface area contributed by atoms with E-state index >= 15 is 0 Å². The Morgan fingerprint density at radius 3 is 1.64 bits per heavy atom. The maximum absolute atomic E-state index is 9.90. The quantitative estimate of drug-likeness (QED) is 0.517. The molecule has 1 rings (SSSR count). The van der Waals surface area contributed by atoms with Crippen LogP contribution in [0.1, 0.15) is 32.6 Å². The molecule has 0 saturated carbocycles. The molecule has 82 valence electrons. The minimum Gasteiger partial charge on any atom is -0.481 e. The lowest BCUT2D eigenvalue weighted by molar-refractivity contribution is -0.139. The first-order chi connectivity index (χ1) is 6.52. The van der Waals surface area contributed by atoms with Crippen LogP contribution in [0.2, 0.25) is 0 Å². The average molecular weight is 204 g/mol. The number of unbranched alkanes of at least 4 members (excludes halogenated alkanes) is 1. The van der Waals surface area contributed by atoms with Crippen molar-refractivity contribution in [1.82, 2.24) is 0 Å². The van der Waals surface area contributed by atoms with Crippen LogP contribution in [0, 0.1) is 0 Å². The fourth-order valence-corrected chi connectivity index (χ4v) is 0.649. The van der Waals surface area contributed by atoms with Gasteiger partial charge >= 0.3 is 11.9 Å². The second-order valence-electron chi connectivity index (χ2n) is 3.14. The highest BCUT2D eigenvalue weighted by Crippen LogP contribution is 2.04. The number of hydrogen-bond acceptors (Lipinski definition) is 3. The van der Waals surface area contributed by atoms with Crippen LogP contribution in [-0.4, -0.2) is 34.9 Å². The van der Waals surface area contributed by atoms with Crippen molar-refractivity contribution in [3.05, 3.63) is 0 Å². The maximum atomic E-state index is 9.90. The molecule has 1 fully saturated rings. The Bertz CT molecular complexity index is 170. The van der Waals surface area contributed by atoms with Crippen LogP contribution in [0.25, 0.3) is 0 Å². The molecule has 1 unspecified atom stereocenters. The van der Waals surface area contributed by atoms with E-state index in [1.54, 1.807) is 0 Å². The van der Waals surface area contributed by atoms with Crippen molar-refractivity contribution >= 4 is 11.9 Å². The molecule has 2 N–H and O–H groups in total. The smallest absolute Gasteiger partial charge is 0.303 e. The molecular weight excluding hydrogens is 188 g/mol. The number of carbonyl (C=O) groups is 2. The van der Waals surface area contributed by atoms with E-state index < -0.39 is 11.9 Å². The largest absolute Gasteiger partial charge is 0.481 e. The van der Waals surface area contributed by atoms with Gasteiger partial charge in [-0.3, -0.25) is 9.59 Å². The number of ether oxygens (including phenoxy) is 1. The molecule has 14 heavy (non-hydrogen) atoms. The van der Waals surface area contributed by atoms with Gasteiger partial charge in [0.05, 0.1) is 12.7 Å². The summed E-state index contributed by atoms with van der Waals surface area (Å²) in [6, 6.07) is 0. The van der Waals surface area contributed by atoms with E-state index in [0.717, 1.165) is 6.61 Å². The minimum atomic E-state index is -0.870. The first kappa shape index (κ1) is 12.9. The van der Waals surface area contributed by atoms with Crippen molar-refractivity contribution in [3.8, 4) is 0 Å². The van der Waals surface area contributed by atoms with Gasteiger partial charge in [-0.05, 0) is 19.8 Å². The van der Waals surface area contributed by atoms with E-state index in [9.17, 15) is 9.59 Å². The lowest BCUT2D eigenvalue weighted by Gasteiger charge is -1.92. The first-order valence-corrected chi connectivity index (χ1v) is 4.57. The number of aliphatic carboxylic acids is 2. The molecule has 1 saturated heterocycles. The lowest BCUT2D eigenvalue weighted by Crippen LogP contribution is -1.97.